The predicted octanol–water partition coefficient (Wildman–Crippen LogP) is -6.00. The number of rotatable bonds is 25. The van der Waals surface area contributed by atoms with Crippen molar-refractivity contribution in [2.24, 2.45) is 11.7 Å². The Labute approximate surface area is 662 Å². The van der Waals surface area contributed by atoms with Gasteiger partial charge in [0.25, 0.3) is 0 Å². The lowest BCUT2D eigenvalue weighted by Crippen LogP contribution is -2.64. The van der Waals surface area contributed by atoms with Crippen LogP contribution in [-0.4, -0.2) is 305 Å². The number of phenolic OH excluding ortho intramolecular Hbond substituents is 1. The molecule has 0 bridgehead atoms. The Kier molecular flexibility index (Phi) is 39.3. The van der Waals surface area contributed by atoms with Gasteiger partial charge in [0.1, 0.15) is 78.3 Å². The number of aliphatic hydroxyl groups excluding tert-OH is 7. The number of aliphatic hydroxyl groups is 7. The summed E-state index contributed by atoms with van der Waals surface area (Å²) >= 11 is 0. The maximum Gasteiger partial charge on any atom is 0.328 e. The highest BCUT2D eigenvalue weighted by atomic mass is 16.5. The fourth-order valence-electron chi connectivity index (χ4n) is 13.8. The zero-order valence-corrected chi connectivity index (χ0v) is 66.3. The number of benzene rings is 1. The summed E-state index contributed by atoms with van der Waals surface area (Å²) in [6.45, 7) is 10.1. The van der Waals surface area contributed by atoms with Crippen LogP contribution in [-0.2, 0) is 83.1 Å². The third kappa shape index (κ3) is 29.9. The van der Waals surface area contributed by atoms with Crippen LogP contribution in [0, 0.1) is 5.92 Å². The maximum absolute atomic E-state index is 14.8. The molecule has 4 aliphatic rings. The van der Waals surface area contributed by atoms with Crippen LogP contribution in [0.5, 0.6) is 5.75 Å². The third-order valence-corrected chi connectivity index (χ3v) is 20.4. The Balaban J connectivity index is 1.57. The number of carbonyl (C=O) groups excluding carboxylic acids is 15. The van der Waals surface area contributed by atoms with Crippen LogP contribution >= 0.6 is 0 Å². The van der Waals surface area contributed by atoms with E-state index in [4.69, 9.17) is 10.5 Å². The van der Waals surface area contributed by atoms with Crippen LogP contribution in [0.4, 0.5) is 0 Å². The first kappa shape index (κ1) is 95.3. The smallest absolute Gasteiger partial charge is 0.328 e. The lowest BCUT2D eigenvalue weighted by atomic mass is 9.99. The number of esters is 1. The maximum atomic E-state index is 14.8. The highest BCUT2D eigenvalue weighted by Crippen LogP contribution is 2.25. The average molecular weight is 1620 g/mol. The molecule has 0 saturated carbocycles. The fraction of sp³-hybridized carbons (Fsp3) is 0.720. The molecule has 4 heterocycles. The number of nitrogens with zero attached hydrogens (tertiary/aromatic N) is 3. The highest BCUT2D eigenvalue weighted by molar-refractivity contribution is 6.00. The summed E-state index contributed by atoms with van der Waals surface area (Å²) in [7, 11) is 0. The molecule has 0 aromatic heterocycles. The molecule has 39 heteroatoms. The van der Waals surface area contributed by atoms with Gasteiger partial charge in [-0.1, -0.05) is 97.1 Å². The molecule has 114 heavy (non-hydrogen) atoms. The Hall–Kier alpha value is -9.25. The first-order chi connectivity index (χ1) is 53.8. The van der Waals surface area contributed by atoms with Gasteiger partial charge < -0.3 is 125 Å². The number of fused-ring (bicyclic) bond motifs is 2. The summed E-state index contributed by atoms with van der Waals surface area (Å²) in [6.07, 6.45) is -7.31. The monoisotopic (exact) mass is 1620 g/mol. The van der Waals surface area contributed by atoms with E-state index < -0.39 is 255 Å². The standard InChI is InChI=1S/C75H121N15O24/c1-9-10-11-12-13-14-15-16-17-18-19-20-48-35-55(100)82-59(41(5)91)69(107)79-40(4)65(103)81-50(33-45-21-23-46(95)24-22-45)66(104)84-58(39(2)3)73(111)90-38-47(96)34-51(90)67(105)85-61(43(7)93)71(109)86-62(44(8)94)74(112)89-30-27-52(97)64(89)72(110)87-63(53(98)36-54(76)99)68(106)78-37-56(101)83-60(42(6)92)70(108)80-49(75(113)114-48)25-26-57(102)88-31-28-77-29-32-88/h21-24,39-44,47-53,58-64,77,91-98H,9-20,25-38H2,1-8H3,(H2,76,99)(H,78,106)(H,79,107)(H,80,108)(H,81,103)(H,82,100)(H,83,101)(H,84,104)(H,85,105)(H,86,109)(H,87,110)/t40-,41-,42-,43-,44-,47-,48-,49+,50+,51+,52+,53-,58+,59-,60-,61-,62+,63+,64+/m1/s1. The number of amides is 14. The van der Waals surface area contributed by atoms with Gasteiger partial charge in [-0.05, 0) is 83.9 Å². The largest absolute Gasteiger partial charge is 0.508 e. The molecule has 4 saturated heterocycles. The number of unbranched alkanes of at least 4 members (excludes halogenated alkanes) is 10. The van der Waals surface area contributed by atoms with Gasteiger partial charge in [0.05, 0.1) is 62.1 Å². The van der Waals surface area contributed by atoms with E-state index >= 15 is 0 Å². The normalized spacial score (nSPS) is 28.1. The van der Waals surface area contributed by atoms with E-state index in [1.54, 1.807) is 0 Å². The minimum atomic E-state index is -2.24. The number of piperazine rings is 1. The van der Waals surface area contributed by atoms with Crippen molar-refractivity contribution >= 4 is 88.7 Å². The van der Waals surface area contributed by atoms with Gasteiger partial charge in [0, 0.05) is 58.5 Å². The van der Waals surface area contributed by atoms with Crippen LogP contribution in [0.1, 0.15) is 177 Å². The van der Waals surface area contributed by atoms with E-state index in [1.165, 1.54) is 49.9 Å². The number of aromatic hydroxyl groups is 1. The highest BCUT2D eigenvalue weighted by Gasteiger charge is 2.49. The molecule has 0 aliphatic carbocycles. The molecule has 1 aromatic rings. The van der Waals surface area contributed by atoms with Crippen LogP contribution in [0.3, 0.4) is 0 Å². The zero-order valence-electron chi connectivity index (χ0n) is 66.3. The molecule has 0 unspecified atom stereocenters. The van der Waals surface area contributed by atoms with Crippen LogP contribution < -0.4 is 64.2 Å². The van der Waals surface area contributed by atoms with E-state index in [0.29, 0.717) is 49.5 Å². The summed E-state index contributed by atoms with van der Waals surface area (Å²) in [4.78, 5) is 216. The molecule has 640 valence electrons. The molecule has 19 atom stereocenters. The van der Waals surface area contributed by atoms with Crippen molar-refractivity contribution in [3.05, 3.63) is 29.8 Å². The Morgan fingerprint density at radius 3 is 1.62 bits per heavy atom. The van der Waals surface area contributed by atoms with Crippen molar-refractivity contribution in [2.75, 3.05) is 45.8 Å². The second-order valence-corrected chi connectivity index (χ2v) is 30.4. The minimum absolute atomic E-state index is 0.0165. The molecule has 14 amide bonds. The molecule has 0 radical (unpaired) electrons. The van der Waals surface area contributed by atoms with Gasteiger partial charge in [-0.3, -0.25) is 67.1 Å². The number of phenols is 1. The van der Waals surface area contributed by atoms with Crippen molar-refractivity contribution in [1.29, 1.82) is 0 Å². The van der Waals surface area contributed by atoms with E-state index in [-0.39, 0.29) is 31.4 Å². The van der Waals surface area contributed by atoms with Crippen LogP contribution in [0.25, 0.3) is 0 Å². The van der Waals surface area contributed by atoms with E-state index in [1.807, 2.05) is 0 Å². The summed E-state index contributed by atoms with van der Waals surface area (Å²) in [6, 6.07) is -14.8. The number of nitrogens with two attached hydrogens (primary N) is 1. The van der Waals surface area contributed by atoms with Gasteiger partial charge in [0.2, 0.25) is 82.7 Å². The minimum Gasteiger partial charge on any atom is -0.508 e. The predicted molar refractivity (Wildman–Crippen MR) is 406 cm³/mol. The van der Waals surface area contributed by atoms with Crippen molar-refractivity contribution in [3.63, 3.8) is 0 Å². The molecule has 4 aliphatic heterocycles. The van der Waals surface area contributed by atoms with Crippen molar-refractivity contribution in [1.82, 2.24) is 73.2 Å². The van der Waals surface area contributed by atoms with Gasteiger partial charge in [0.15, 0.2) is 0 Å². The zero-order chi connectivity index (χ0) is 84.8. The Morgan fingerprint density at radius 2 is 1.05 bits per heavy atom. The van der Waals surface area contributed by atoms with Crippen LogP contribution in [0.2, 0.25) is 0 Å². The fourth-order valence-corrected chi connectivity index (χ4v) is 13.8. The molecular weight excluding hydrogens is 1490 g/mol. The Bertz CT molecular complexity index is 3430. The number of hydrogen-bond acceptors (Lipinski definition) is 25. The van der Waals surface area contributed by atoms with Crippen molar-refractivity contribution in [2.45, 2.75) is 293 Å². The summed E-state index contributed by atoms with van der Waals surface area (Å²) in [5, 5.41) is 115. The van der Waals surface area contributed by atoms with E-state index in [9.17, 15) is 113 Å². The van der Waals surface area contributed by atoms with Gasteiger partial charge in [-0.25, -0.2) is 4.79 Å². The summed E-state index contributed by atoms with van der Waals surface area (Å²) in [5.41, 5.74) is 5.72. The molecule has 39 nitrogen and oxygen atoms in total. The summed E-state index contributed by atoms with van der Waals surface area (Å²) in [5.74, 6) is -17.9. The molecular formula is C75H121N15O24. The van der Waals surface area contributed by atoms with Crippen molar-refractivity contribution in [3.8, 4) is 5.75 Å². The quantitative estimate of drug-likeness (QED) is 0.0320. The second-order valence-electron chi connectivity index (χ2n) is 30.4. The number of cyclic esters (lactones) is 1. The van der Waals surface area contributed by atoms with E-state index in [0.717, 1.165) is 90.4 Å². The molecule has 4 fully saturated rings. The van der Waals surface area contributed by atoms with Gasteiger partial charge in [-0.15, -0.1) is 0 Å². The number of carbonyl (C=O) groups is 15. The topological polar surface area (TPSA) is 595 Å². The lowest BCUT2D eigenvalue weighted by molar-refractivity contribution is -0.155. The lowest BCUT2D eigenvalue weighted by Gasteiger charge is -2.34. The molecule has 1 aromatic carbocycles. The molecule has 21 N–H and O–H groups in total. The van der Waals surface area contributed by atoms with Gasteiger partial charge in [-0.2, -0.15) is 0 Å². The molecule has 0 spiro atoms. The number of hydrogen-bond donors (Lipinski definition) is 20. The first-order valence-corrected chi connectivity index (χ1v) is 39.5. The summed E-state index contributed by atoms with van der Waals surface area (Å²) < 4.78 is 6.03. The third-order valence-electron chi connectivity index (χ3n) is 20.4. The Morgan fingerprint density at radius 1 is 0.544 bits per heavy atom. The van der Waals surface area contributed by atoms with Gasteiger partial charge >= 0.3 is 5.97 Å². The SMILES string of the molecule is CCCCCCCCCCCCC[C@@H]1CC(=O)N[C@H]([C@@H](C)O)C(=O)N[C@H](C)C(=O)N[C@@H](Cc2ccc(O)cc2)C(=O)N[C@@H](C(C)C)C(=O)N2C[C@H](O)C[C@H]2C(=O)N[C@H]([C@@H](C)O)C(=O)N[C@@H]([C@@H](C)O)C(=O)N2CC[C@H](O)[C@H]2C(=O)N[C@@H]([C@H](O)CC(N)=O)C(=O)NCC(=O)N[C@H]([C@@H](C)O)C(=O)N[C@@H](CCC(=O)N2CCNCC2)C(=O)O1. The van der Waals surface area contributed by atoms with Crippen LogP contribution in [0.15, 0.2) is 24.3 Å². The second kappa shape index (κ2) is 46.9. The van der Waals surface area contributed by atoms with Crippen molar-refractivity contribution < 1.29 is 118 Å². The number of primary amides is 1. The number of ether oxygens (including phenoxy) is 1. The molecule has 5 rings (SSSR count). The number of nitrogens with one attached hydrogen (secondary N) is 11. The van der Waals surface area contributed by atoms with E-state index in [2.05, 4.69) is 65.4 Å². The first-order valence-electron chi connectivity index (χ1n) is 39.5. The average Bonchev–Trinajstić information content (AvgIpc) is 1.63.